The first-order valence-corrected chi connectivity index (χ1v) is 12.5. The fraction of sp³-hybridized carbons (Fsp3) is 0.346. The average molecular weight is 546 g/mol. The Morgan fingerprint density at radius 3 is 2.28 bits per heavy atom. The van der Waals surface area contributed by atoms with Gasteiger partial charge >= 0.3 is 0 Å². The highest BCUT2D eigenvalue weighted by Crippen LogP contribution is 2.27. The number of piperazine rings is 1. The molecule has 5 rings (SSSR count). The average Bonchev–Trinajstić information content (AvgIpc) is 2.95. The maximum absolute atomic E-state index is 14.2. The molecule has 39 heavy (non-hydrogen) atoms. The fourth-order valence-electron chi connectivity index (χ4n) is 4.55. The van der Waals surface area contributed by atoms with E-state index in [9.17, 15) is 17.7 Å². The van der Waals surface area contributed by atoms with Crippen molar-refractivity contribution in [3.63, 3.8) is 0 Å². The second-order valence-electron chi connectivity index (χ2n) is 9.22. The lowest BCUT2D eigenvalue weighted by molar-refractivity contribution is -0.00619. The zero-order valence-electron chi connectivity index (χ0n) is 20.9. The SMILES string of the molecule is NC(=Nc1c(F)cc(F)cc1F)c1cnc(N2CCN(c3ccc(OF)cc3)CC2)nc1NC1CCOCC1. The number of nitrogens with zero attached hydrogens (tertiary/aromatic N) is 5. The summed E-state index contributed by atoms with van der Waals surface area (Å²) in [7, 11) is 0. The summed E-state index contributed by atoms with van der Waals surface area (Å²) in [5, 5.41) is 3.36. The van der Waals surface area contributed by atoms with Crippen LogP contribution in [0.5, 0.6) is 5.75 Å². The molecular weight excluding hydrogens is 518 g/mol. The fourth-order valence-corrected chi connectivity index (χ4v) is 4.55. The molecule has 2 aliphatic rings. The third-order valence-corrected chi connectivity index (χ3v) is 6.68. The molecule has 0 aliphatic carbocycles. The molecule has 0 saturated carbocycles. The largest absolute Gasteiger partial charge is 0.383 e. The molecule has 0 radical (unpaired) electrons. The lowest BCUT2D eigenvalue weighted by Crippen LogP contribution is -2.47. The van der Waals surface area contributed by atoms with Crippen LogP contribution in [0, 0.1) is 17.5 Å². The summed E-state index contributed by atoms with van der Waals surface area (Å²) in [6, 6.07) is 7.83. The van der Waals surface area contributed by atoms with Gasteiger partial charge in [-0.3, -0.25) is 4.94 Å². The Morgan fingerprint density at radius 1 is 1.00 bits per heavy atom. The normalized spacial score (nSPS) is 16.9. The quantitative estimate of drug-likeness (QED) is 0.260. The lowest BCUT2D eigenvalue weighted by atomic mass is 10.1. The number of nitrogens with one attached hydrogen (secondary N) is 1. The van der Waals surface area contributed by atoms with E-state index in [2.05, 4.69) is 25.1 Å². The lowest BCUT2D eigenvalue weighted by Gasteiger charge is -2.36. The Labute approximate surface area is 222 Å². The number of benzene rings is 2. The zero-order chi connectivity index (χ0) is 27.4. The van der Waals surface area contributed by atoms with Crippen molar-refractivity contribution in [2.45, 2.75) is 18.9 Å². The number of hydrogen-bond acceptors (Lipinski definition) is 8. The number of anilines is 3. The van der Waals surface area contributed by atoms with Gasteiger partial charge in [0, 0.05) is 74.0 Å². The van der Waals surface area contributed by atoms with Crippen molar-refractivity contribution in [1.82, 2.24) is 9.97 Å². The molecule has 1 aromatic heterocycles. The van der Waals surface area contributed by atoms with Crippen LogP contribution in [0.1, 0.15) is 18.4 Å². The maximum Gasteiger partial charge on any atom is 0.227 e. The molecule has 2 aromatic carbocycles. The third kappa shape index (κ3) is 6.14. The van der Waals surface area contributed by atoms with Gasteiger partial charge in [-0.1, -0.05) is 0 Å². The molecule has 0 spiro atoms. The van der Waals surface area contributed by atoms with Crippen LogP contribution in [-0.2, 0) is 4.74 Å². The summed E-state index contributed by atoms with van der Waals surface area (Å²) in [6.07, 6.45) is 2.94. The molecule has 2 fully saturated rings. The summed E-state index contributed by atoms with van der Waals surface area (Å²) in [6.45, 7) is 3.76. The number of aromatic nitrogens is 2. The number of hydrogen-bond donors (Lipinski definition) is 2. The van der Waals surface area contributed by atoms with Crippen molar-refractivity contribution in [3.8, 4) is 5.75 Å². The molecule has 3 heterocycles. The Balaban J connectivity index is 1.38. The first-order valence-electron chi connectivity index (χ1n) is 12.5. The van der Waals surface area contributed by atoms with Gasteiger partial charge in [0.25, 0.3) is 0 Å². The van der Waals surface area contributed by atoms with Crippen molar-refractivity contribution < 1.29 is 27.4 Å². The van der Waals surface area contributed by atoms with Crippen LogP contribution < -0.4 is 25.8 Å². The minimum atomic E-state index is -1.17. The van der Waals surface area contributed by atoms with Crippen LogP contribution in [0.4, 0.5) is 40.8 Å². The van der Waals surface area contributed by atoms with Gasteiger partial charge in [0.2, 0.25) is 5.95 Å². The van der Waals surface area contributed by atoms with E-state index in [0.717, 1.165) is 18.5 Å². The number of nitrogens with two attached hydrogens (primary N) is 1. The standard InChI is InChI=1S/C26H27F4N7O2/c27-16-13-21(28)23(22(29)14-16)34-24(31)20-15-32-26(35-25(20)33-17-5-11-38-12-6-17)37-9-7-36(8-10-37)18-1-3-19(39-30)4-2-18/h1-4,13-15,17H,5-12H2,(H2,31,34)(H,32,33,35). The minimum absolute atomic E-state index is 0.0421. The number of rotatable bonds is 7. The van der Waals surface area contributed by atoms with Crippen molar-refractivity contribution in [2.24, 2.45) is 10.7 Å². The topological polar surface area (TPSA) is 101 Å². The first-order chi connectivity index (χ1) is 18.9. The van der Waals surface area contributed by atoms with Crippen LogP contribution in [0.15, 0.2) is 47.6 Å². The molecule has 0 bridgehead atoms. The summed E-state index contributed by atoms with van der Waals surface area (Å²) in [5.41, 5.74) is 6.68. The zero-order valence-corrected chi connectivity index (χ0v) is 20.9. The molecule has 13 heteroatoms. The first kappa shape index (κ1) is 26.5. The van der Waals surface area contributed by atoms with Crippen molar-refractivity contribution >= 4 is 29.0 Å². The summed E-state index contributed by atoms with van der Waals surface area (Å²) < 4.78 is 59.6. The van der Waals surface area contributed by atoms with Gasteiger partial charge in [-0.15, -0.1) is 0 Å². The highest BCUT2D eigenvalue weighted by atomic mass is 19.3. The Bertz CT molecular complexity index is 1310. The Morgan fingerprint density at radius 2 is 1.64 bits per heavy atom. The van der Waals surface area contributed by atoms with E-state index < -0.39 is 23.1 Å². The van der Waals surface area contributed by atoms with Crippen LogP contribution in [-0.4, -0.2) is 61.2 Å². The van der Waals surface area contributed by atoms with E-state index in [1.165, 1.54) is 6.20 Å². The molecule has 0 amide bonds. The molecule has 2 aliphatic heterocycles. The number of amidine groups is 1. The molecule has 9 nitrogen and oxygen atoms in total. The number of ether oxygens (including phenoxy) is 1. The van der Waals surface area contributed by atoms with E-state index in [1.54, 1.807) is 24.3 Å². The van der Waals surface area contributed by atoms with E-state index in [-0.39, 0.29) is 23.2 Å². The van der Waals surface area contributed by atoms with E-state index in [4.69, 9.17) is 15.5 Å². The second-order valence-corrected chi connectivity index (χ2v) is 9.22. The predicted octanol–water partition coefficient (Wildman–Crippen LogP) is 4.11. The number of halogens is 4. The minimum Gasteiger partial charge on any atom is -0.383 e. The molecule has 206 valence electrons. The molecular formula is C26H27F4N7O2. The monoisotopic (exact) mass is 545 g/mol. The number of aliphatic imine (C=N–C) groups is 1. The maximum atomic E-state index is 14.2. The summed E-state index contributed by atoms with van der Waals surface area (Å²) in [4.78, 5) is 21.0. The van der Waals surface area contributed by atoms with Gasteiger partial charge < -0.3 is 25.6 Å². The molecule has 3 N–H and O–H groups in total. The van der Waals surface area contributed by atoms with Gasteiger partial charge in [0.15, 0.2) is 17.4 Å². The summed E-state index contributed by atoms with van der Waals surface area (Å²) >= 11 is 0. The molecule has 0 atom stereocenters. The summed E-state index contributed by atoms with van der Waals surface area (Å²) in [5.74, 6) is -2.63. The van der Waals surface area contributed by atoms with Gasteiger partial charge in [0.1, 0.15) is 23.2 Å². The highest BCUT2D eigenvalue weighted by molar-refractivity contribution is 6.03. The van der Waals surface area contributed by atoms with Crippen LogP contribution in [0.2, 0.25) is 0 Å². The smallest absolute Gasteiger partial charge is 0.227 e. The van der Waals surface area contributed by atoms with Gasteiger partial charge in [-0.05, 0) is 37.1 Å². The molecule has 2 saturated heterocycles. The van der Waals surface area contributed by atoms with Crippen LogP contribution in [0.25, 0.3) is 0 Å². The van der Waals surface area contributed by atoms with Crippen molar-refractivity contribution in [2.75, 3.05) is 54.5 Å². The Kier molecular flexibility index (Phi) is 7.96. The van der Waals surface area contributed by atoms with Crippen molar-refractivity contribution in [3.05, 3.63) is 65.6 Å². The van der Waals surface area contributed by atoms with Crippen LogP contribution >= 0.6 is 0 Å². The molecule has 0 unspecified atom stereocenters. The van der Waals surface area contributed by atoms with E-state index in [0.29, 0.717) is 63.3 Å². The van der Waals surface area contributed by atoms with E-state index >= 15 is 0 Å². The highest BCUT2D eigenvalue weighted by Gasteiger charge is 2.23. The van der Waals surface area contributed by atoms with Crippen molar-refractivity contribution in [1.29, 1.82) is 0 Å². The van der Waals surface area contributed by atoms with Gasteiger partial charge in [0.05, 0.1) is 5.56 Å². The second kappa shape index (κ2) is 11.7. The van der Waals surface area contributed by atoms with E-state index in [1.807, 2.05) is 4.90 Å². The van der Waals surface area contributed by atoms with Crippen LogP contribution in [0.3, 0.4) is 0 Å². The van der Waals surface area contributed by atoms with Gasteiger partial charge in [-0.2, -0.15) is 4.98 Å². The predicted molar refractivity (Wildman–Crippen MR) is 139 cm³/mol. The molecule has 3 aromatic rings. The van der Waals surface area contributed by atoms with Gasteiger partial charge in [-0.25, -0.2) is 23.1 Å². The third-order valence-electron chi connectivity index (χ3n) is 6.68. The Hall–Kier alpha value is -4.13.